The van der Waals surface area contributed by atoms with Crippen molar-refractivity contribution in [2.24, 2.45) is 10.9 Å². The molecule has 0 aliphatic carbocycles. The van der Waals surface area contributed by atoms with Crippen LogP contribution < -0.4 is 10.1 Å². The van der Waals surface area contributed by atoms with Gasteiger partial charge < -0.3 is 19.7 Å². The molecule has 2 aliphatic rings. The van der Waals surface area contributed by atoms with Crippen LogP contribution in [0.15, 0.2) is 51.6 Å². The first-order chi connectivity index (χ1) is 15.4. The van der Waals surface area contributed by atoms with Gasteiger partial charge in [-0.2, -0.15) is 0 Å². The molecule has 32 heavy (non-hydrogen) atoms. The van der Waals surface area contributed by atoms with Crippen molar-refractivity contribution >= 4 is 28.8 Å². The number of carbonyl (C=O) groups is 2. The van der Waals surface area contributed by atoms with E-state index in [1.54, 1.807) is 7.11 Å². The third-order valence-corrected chi connectivity index (χ3v) is 6.31. The molecule has 7 nitrogen and oxygen atoms in total. The van der Waals surface area contributed by atoms with Gasteiger partial charge in [-0.15, -0.1) is 0 Å². The van der Waals surface area contributed by atoms with E-state index >= 15 is 0 Å². The van der Waals surface area contributed by atoms with Gasteiger partial charge in [-0.05, 0) is 41.9 Å². The van der Waals surface area contributed by atoms with Gasteiger partial charge in [0.05, 0.1) is 38.0 Å². The molecule has 0 bridgehead atoms. The summed E-state index contributed by atoms with van der Waals surface area (Å²) in [7, 11) is 2.99. The Balaban J connectivity index is 1.97. The maximum absolute atomic E-state index is 12.9. The molecule has 172 valence electrons. The number of amidine groups is 1. The lowest BCUT2D eigenvalue weighted by atomic mass is 9.92. The maximum atomic E-state index is 12.9. The van der Waals surface area contributed by atoms with Gasteiger partial charge in [0.25, 0.3) is 0 Å². The minimum atomic E-state index is -0.454. The number of thioether (sulfide) groups is 1. The summed E-state index contributed by atoms with van der Waals surface area (Å²) in [6, 6.07) is 7.17. The van der Waals surface area contributed by atoms with Gasteiger partial charge in [0.15, 0.2) is 5.17 Å². The summed E-state index contributed by atoms with van der Waals surface area (Å²) in [5.41, 5.74) is 2.86. The minimum Gasteiger partial charge on any atom is -0.497 e. The Kier molecular flexibility index (Phi) is 8.01. The van der Waals surface area contributed by atoms with Crippen molar-refractivity contribution in [2.45, 2.75) is 46.1 Å². The van der Waals surface area contributed by atoms with Crippen LogP contribution in [0.2, 0.25) is 0 Å². The lowest BCUT2D eigenvalue weighted by molar-refractivity contribution is -0.136. The normalized spacial score (nSPS) is 17.7. The van der Waals surface area contributed by atoms with E-state index < -0.39 is 12.0 Å². The standard InChI is InChI=1S/C24H31N3O4S/c1-6-19-21(23(29)31-5)22(16-8-7-9-18(12-16)30-4)27-17(14-32-24(27)26-19)13-20(28)25-11-10-15(2)3/h7-9,12,14-15,22H,6,10-11,13H2,1-5H3,(H,25,28)/t22-/m1/s1. The smallest absolute Gasteiger partial charge is 0.338 e. The number of hydrogen-bond acceptors (Lipinski definition) is 7. The summed E-state index contributed by atoms with van der Waals surface area (Å²) >= 11 is 1.47. The molecule has 0 fully saturated rings. The first-order valence-electron chi connectivity index (χ1n) is 10.8. The average Bonchev–Trinajstić information content (AvgIpc) is 3.19. The highest BCUT2D eigenvalue weighted by atomic mass is 32.2. The topological polar surface area (TPSA) is 80.2 Å². The van der Waals surface area contributed by atoms with E-state index in [4.69, 9.17) is 14.5 Å². The number of allylic oxidation sites excluding steroid dienone is 1. The third kappa shape index (κ3) is 5.18. The van der Waals surface area contributed by atoms with Crippen LogP contribution >= 0.6 is 11.8 Å². The number of benzene rings is 1. The number of aliphatic imine (C=N–C) groups is 1. The van der Waals surface area contributed by atoms with E-state index in [9.17, 15) is 9.59 Å². The lowest BCUT2D eigenvalue weighted by Crippen LogP contribution is -2.38. The Hall–Kier alpha value is -2.74. The van der Waals surface area contributed by atoms with Crippen molar-refractivity contribution < 1.29 is 19.1 Å². The number of hydrogen-bond donors (Lipinski definition) is 1. The summed E-state index contributed by atoms with van der Waals surface area (Å²) in [6.45, 7) is 6.87. The highest BCUT2D eigenvalue weighted by Gasteiger charge is 2.41. The van der Waals surface area contributed by atoms with Crippen molar-refractivity contribution in [3.8, 4) is 5.75 Å². The number of esters is 1. The van der Waals surface area contributed by atoms with Crippen molar-refractivity contribution in [3.63, 3.8) is 0 Å². The van der Waals surface area contributed by atoms with Gasteiger partial charge in [-0.1, -0.05) is 44.7 Å². The third-order valence-electron chi connectivity index (χ3n) is 5.42. The molecule has 0 aromatic heterocycles. The predicted octanol–water partition coefficient (Wildman–Crippen LogP) is 4.39. The molecule has 0 unspecified atom stereocenters. The number of carbonyl (C=O) groups excluding carboxylic acids is 2. The SMILES string of the molecule is CCC1=C(C(=O)OC)[C@@H](c2cccc(OC)c2)N2C(CC(=O)NCCC(C)C)=CSC2=N1. The van der Waals surface area contributed by atoms with Gasteiger partial charge >= 0.3 is 5.97 Å². The number of fused-ring (bicyclic) bond motifs is 1. The van der Waals surface area contributed by atoms with Crippen LogP contribution in [-0.4, -0.2) is 42.7 Å². The summed E-state index contributed by atoms with van der Waals surface area (Å²) < 4.78 is 10.6. The number of ether oxygens (including phenoxy) is 2. The Morgan fingerprint density at radius 3 is 2.72 bits per heavy atom. The van der Waals surface area contributed by atoms with Crippen molar-refractivity contribution in [1.82, 2.24) is 10.2 Å². The molecule has 1 N–H and O–H groups in total. The van der Waals surface area contributed by atoms with E-state index in [1.807, 2.05) is 41.5 Å². The Morgan fingerprint density at radius 2 is 2.06 bits per heavy atom. The van der Waals surface area contributed by atoms with E-state index in [2.05, 4.69) is 19.2 Å². The molecule has 2 aliphatic heterocycles. The highest BCUT2D eigenvalue weighted by molar-refractivity contribution is 8.16. The van der Waals surface area contributed by atoms with Gasteiger partial charge in [0.1, 0.15) is 5.75 Å². The van der Waals surface area contributed by atoms with Crippen molar-refractivity contribution in [3.05, 3.63) is 52.2 Å². The molecule has 2 heterocycles. The van der Waals surface area contributed by atoms with E-state index in [0.717, 1.165) is 22.8 Å². The number of rotatable bonds is 9. The van der Waals surface area contributed by atoms with Crippen LogP contribution in [0.4, 0.5) is 0 Å². The molecule has 0 radical (unpaired) electrons. The minimum absolute atomic E-state index is 0.0481. The molecule has 1 atom stereocenters. The monoisotopic (exact) mass is 457 g/mol. The van der Waals surface area contributed by atoms with Crippen LogP contribution in [-0.2, 0) is 14.3 Å². The first-order valence-corrected chi connectivity index (χ1v) is 11.7. The zero-order valence-electron chi connectivity index (χ0n) is 19.3. The Bertz CT molecular complexity index is 968. The van der Waals surface area contributed by atoms with Crippen LogP contribution in [0.25, 0.3) is 0 Å². The molecule has 0 saturated heterocycles. The molecule has 1 amide bonds. The predicted molar refractivity (Wildman–Crippen MR) is 127 cm³/mol. The lowest BCUT2D eigenvalue weighted by Gasteiger charge is -2.36. The summed E-state index contributed by atoms with van der Waals surface area (Å²) in [5.74, 6) is 0.746. The summed E-state index contributed by atoms with van der Waals surface area (Å²) in [6.07, 6.45) is 1.73. The second-order valence-electron chi connectivity index (χ2n) is 8.09. The second-order valence-corrected chi connectivity index (χ2v) is 8.92. The van der Waals surface area contributed by atoms with Crippen molar-refractivity contribution in [2.75, 3.05) is 20.8 Å². The van der Waals surface area contributed by atoms with E-state index in [1.165, 1.54) is 18.9 Å². The van der Waals surface area contributed by atoms with E-state index in [-0.39, 0.29) is 12.3 Å². The number of amides is 1. The molecule has 3 rings (SSSR count). The zero-order chi connectivity index (χ0) is 23.3. The summed E-state index contributed by atoms with van der Waals surface area (Å²) in [5, 5.41) is 5.70. The molecule has 1 aromatic rings. The molecular weight excluding hydrogens is 426 g/mol. The molecular formula is C24H31N3O4S. The highest BCUT2D eigenvalue weighted by Crippen LogP contribution is 2.45. The maximum Gasteiger partial charge on any atom is 0.338 e. The van der Waals surface area contributed by atoms with Crippen LogP contribution in [0, 0.1) is 5.92 Å². The second kappa shape index (κ2) is 10.7. The Morgan fingerprint density at radius 1 is 1.28 bits per heavy atom. The van der Waals surface area contributed by atoms with Crippen LogP contribution in [0.3, 0.4) is 0 Å². The van der Waals surface area contributed by atoms with Gasteiger partial charge in [-0.25, -0.2) is 9.79 Å². The number of nitrogens with zero attached hydrogens (tertiary/aromatic N) is 2. The quantitative estimate of drug-likeness (QED) is 0.554. The number of methoxy groups -OCH3 is 2. The first kappa shape index (κ1) is 23.9. The van der Waals surface area contributed by atoms with Crippen molar-refractivity contribution in [1.29, 1.82) is 0 Å². The number of nitrogens with one attached hydrogen (secondary N) is 1. The van der Waals surface area contributed by atoms with Gasteiger partial charge in [-0.3, -0.25) is 4.79 Å². The summed E-state index contributed by atoms with van der Waals surface area (Å²) in [4.78, 5) is 32.2. The molecule has 8 heteroatoms. The molecule has 1 aromatic carbocycles. The van der Waals surface area contributed by atoms with E-state index in [0.29, 0.717) is 35.9 Å². The van der Waals surface area contributed by atoms with Gasteiger partial charge in [0, 0.05) is 12.2 Å². The molecule has 0 spiro atoms. The van der Waals surface area contributed by atoms with Crippen LogP contribution in [0.5, 0.6) is 5.75 Å². The fraction of sp³-hybridized carbons (Fsp3) is 0.458. The fourth-order valence-electron chi connectivity index (χ4n) is 3.77. The largest absolute Gasteiger partial charge is 0.497 e. The Labute approximate surface area is 193 Å². The van der Waals surface area contributed by atoms with Gasteiger partial charge in [0.2, 0.25) is 5.91 Å². The van der Waals surface area contributed by atoms with Crippen LogP contribution in [0.1, 0.15) is 51.6 Å². The molecule has 0 saturated carbocycles. The fourth-order valence-corrected chi connectivity index (χ4v) is 4.70. The average molecular weight is 458 g/mol. The zero-order valence-corrected chi connectivity index (χ0v) is 20.1.